The Balaban J connectivity index is 1.44. The van der Waals surface area contributed by atoms with Crippen LogP contribution in [-0.4, -0.2) is 51.1 Å². The number of nitrogens with one attached hydrogen (secondary N) is 1. The number of hydrogen-bond donors (Lipinski definition) is 1. The Morgan fingerprint density at radius 3 is 2.39 bits per heavy atom. The molecular weight excluding hydrogens is 361 g/mol. The second-order valence-corrected chi connectivity index (χ2v) is 7.12. The zero-order chi connectivity index (χ0) is 19.7. The number of piperazine rings is 1. The quantitative estimate of drug-likeness (QED) is 0.795. The van der Waals surface area contributed by atoms with Crippen molar-refractivity contribution in [2.24, 2.45) is 0 Å². The first-order chi connectivity index (χ1) is 13.6. The van der Waals surface area contributed by atoms with Gasteiger partial charge in [0, 0.05) is 0 Å². The van der Waals surface area contributed by atoms with Gasteiger partial charge in [0.1, 0.15) is 11.6 Å². The summed E-state index contributed by atoms with van der Waals surface area (Å²) in [5, 5.41) is 0. The predicted molar refractivity (Wildman–Crippen MR) is 103 cm³/mol. The Labute approximate surface area is 163 Å². The largest absolute Gasteiger partial charge is 0.495 e. The maximum atomic E-state index is 13.2. The lowest BCUT2D eigenvalue weighted by Crippen LogP contribution is -3.19. The van der Waals surface area contributed by atoms with E-state index < -0.39 is 5.82 Å². The Kier molecular flexibility index (Phi) is 5.00. The van der Waals surface area contributed by atoms with Crippen LogP contribution < -0.4 is 19.4 Å². The summed E-state index contributed by atoms with van der Waals surface area (Å²) in [5.74, 6) is 0.0247. The van der Waals surface area contributed by atoms with Crippen molar-refractivity contribution in [3.05, 3.63) is 54.3 Å². The fourth-order valence-corrected chi connectivity index (χ4v) is 4.09. The third-order valence-electron chi connectivity index (χ3n) is 5.56. The van der Waals surface area contributed by atoms with Crippen LogP contribution in [0.1, 0.15) is 6.42 Å². The maximum Gasteiger partial charge on any atom is 0.292 e. The minimum absolute atomic E-state index is 0.195. The maximum absolute atomic E-state index is 13.2. The standard InChI is InChI=1S/C21H22FN3O3/c1-28-19-5-3-2-4-17(19)23-10-12-24(13-11-23)18-14-20(26)25(21(18)27)16-8-6-15(22)7-9-16/h2-9,18H,10-14H2,1H3/p+1. The lowest BCUT2D eigenvalue weighted by Gasteiger charge is -2.36. The molecule has 6 nitrogen and oxygen atoms in total. The average Bonchev–Trinajstić information content (AvgIpc) is 3.03. The molecule has 1 N–H and O–H groups in total. The summed E-state index contributed by atoms with van der Waals surface area (Å²) in [6.07, 6.45) is 0.195. The SMILES string of the molecule is COc1ccccc1N1CC[NH+](C2CC(=O)N(c3ccc(F)cc3)C2=O)CC1. The molecule has 28 heavy (non-hydrogen) atoms. The van der Waals surface area contributed by atoms with Crippen molar-refractivity contribution in [3.63, 3.8) is 0 Å². The van der Waals surface area contributed by atoms with Gasteiger partial charge in [0.2, 0.25) is 5.91 Å². The first kappa shape index (κ1) is 18.4. The van der Waals surface area contributed by atoms with Crippen LogP contribution in [0.15, 0.2) is 48.5 Å². The van der Waals surface area contributed by atoms with Crippen molar-refractivity contribution in [2.75, 3.05) is 43.1 Å². The van der Waals surface area contributed by atoms with Crippen molar-refractivity contribution >= 4 is 23.2 Å². The summed E-state index contributed by atoms with van der Waals surface area (Å²) in [6, 6.07) is 13.0. The second-order valence-electron chi connectivity index (χ2n) is 7.12. The molecule has 0 bridgehead atoms. The van der Waals surface area contributed by atoms with Crippen molar-refractivity contribution in [1.82, 2.24) is 0 Å². The van der Waals surface area contributed by atoms with Crippen molar-refractivity contribution in [1.29, 1.82) is 0 Å². The summed E-state index contributed by atoms with van der Waals surface area (Å²) >= 11 is 0. The summed E-state index contributed by atoms with van der Waals surface area (Å²) in [5.41, 5.74) is 1.48. The van der Waals surface area contributed by atoms with E-state index in [0.717, 1.165) is 42.5 Å². The van der Waals surface area contributed by atoms with Crippen LogP contribution in [0.2, 0.25) is 0 Å². The molecule has 0 saturated carbocycles. The van der Waals surface area contributed by atoms with E-state index in [0.29, 0.717) is 5.69 Å². The van der Waals surface area contributed by atoms with E-state index in [2.05, 4.69) is 4.90 Å². The number of halogens is 1. The Hall–Kier alpha value is -2.93. The van der Waals surface area contributed by atoms with Gasteiger partial charge in [-0.2, -0.15) is 0 Å². The number of quaternary nitrogens is 1. The highest BCUT2D eigenvalue weighted by Gasteiger charge is 2.46. The van der Waals surface area contributed by atoms with Crippen LogP contribution in [0, 0.1) is 5.82 Å². The highest BCUT2D eigenvalue weighted by molar-refractivity contribution is 6.21. The number of benzene rings is 2. The molecule has 1 atom stereocenters. The predicted octanol–water partition coefficient (Wildman–Crippen LogP) is 0.871. The normalized spacial score (nSPS) is 20.7. The Morgan fingerprint density at radius 2 is 1.71 bits per heavy atom. The van der Waals surface area contributed by atoms with Gasteiger partial charge < -0.3 is 14.5 Å². The van der Waals surface area contributed by atoms with Crippen LogP contribution >= 0.6 is 0 Å². The lowest BCUT2D eigenvalue weighted by atomic mass is 10.1. The first-order valence-corrected chi connectivity index (χ1v) is 9.43. The summed E-state index contributed by atoms with van der Waals surface area (Å²) in [7, 11) is 1.66. The van der Waals surface area contributed by atoms with Crippen molar-refractivity contribution in [2.45, 2.75) is 12.5 Å². The number of methoxy groups -OCH3 is 1. The van der Waals surface area contributed by atoms with Crippen LogP contribution in [-0.2, 0) is 9.59 Å². The average molecular weight is 384 g/mol. The molecule has 2 aliphatic heterocycles. The molecule has 7 heteroatoms. The number of nitrogens with zero attached hydrogens (tertiary/aromatic N) is 2. The molecule has 2 aromatic carbocycles. The van der Waals surface area contributed by atoms with Crippen LogP contribution in [0.25, 0.3) is 0 Å². The van der Waals surface area contributed by atoms with E-state index in [1.165, 1.54) is 29.2 Å². The molecule has 1 unspecified atom stereocenters. The molecule has 2 aromatic rings. The van der Waals surface area contributed by atoms with Gasteiger partial charge in [0.15, 0.2) is 6.04 Å². The molecular formula is C21H23FN3O3+. The van der Waals surface area contributed by atoms with Crippen molar-refractivity contribution < 1.29 is 23.6 Å². The number of anilines is 2. The van der Waals surface area contributed by atoms with Gasteiger partial charge in [-0.25, -0.2) is 9.29 Å². The number of hydrogen-bond acceptors (Lipinski definition) is 4. The molecule has 0 aliphatic carbocycles. The number of para-hydroxylation sites is 2. The topological polar surface area (TPSA) is 54.3 Å². The monoisotopic (exact) mass is 384 g/mol. The summed E-state index contributed by atoms with van der Waals surface area (Å²) in [4.78, 5) is 29.9. The fourth-order valence-electron chi connectivity index (χ4n) is 4.09. The molecule has 2 aliphatic rings. The molecule has 0 radical (unpaired) electrons. The lowest BCUT2D eigenvalue weighted by molar-refractivity contribution is -0.915. The van der Waals surface area contributed by atoms with Gasteiger partial charge in [-0.15, -0.1) is 0 Å². The highest BCUT2D eigenvalue weighted by atomic mass is 19.1. The number of carbonyl (C=O) groups is 2. The van der Waals surface area contributed by atoms with Crippen LogP contribution in [0.5, 0.6) is 5.75 Å². The zero-order valence-corrected chi connectivity index (χ0v) is 15.7. The van der Waals surface area contributed by atoms with Gasteiger partial charge in [-0.3, -0.25) is 9.59 Å². The third kappa shape index (κ3) is 3.33. The molecule has 2 amide bonds. The minimum atomic E-state index is -0.391. The molecule has 2 saturated heterocycles. The van der Waals surface area contributed by atoms with Crippen LogP contribution in [0.4, 0.5) is 15.8 Å². The van der Waals surface area contributed by atoms with E-state index in [1.807, 2.05) is 24.3 Å². The highest BCUT2D eigenvalue weighted by Crippen LogP contribution is 2.27. The zero-order valence-electron chi connectivity index (χ0n) is 15.7. The van der Waals surface area contributed by atoms with E-state index in [4.69, 9.17) is 4.74 Å². The Bertz CT molecular complexity index is 879. The molecule has 4 rings (SSSR count). The smallest absolute Gasteiger partial charge is 0.292 e. The molecule has 0 spiro atoms. The van der Waals surface area contributed by atoms with E-state index in [-0.39, 0.29) is 24.3 Å². The number of ether oxygens (including phenoxy) is 1. The van der Waals surface area contributed by atoms with Gasteiger partial charge >= 0.3 is 0 Å². The molecule has 2 fully saturated rings. The number of rotatable bonds is 4. The van der Waals surface area contributed by atoms with Gasteiger partial charge in [-0.05, 0) is 36.4 Å². The second kappa shape index (κ2) is 7.59. The van der Waals surface area contributed by atoms with Gasteiger partial charge in [0.05, 0.1) is 51.1 Å². The van der Waals surface area contributed by atoms with Gasteiger partial charge in [-0.1, -0.05) is 12.1 Å². The van der Waals surface area contributed by atoms with E-state index >= 15 is 0 Å². The summed E-state index contributed by atoms with van der Waals surface area (Å²) in [6.45, 7) is 3.09. The summed E-state index contributed by atoms with van der Waals surface area (Å²) < 4.78 is 18.6. The molecule has 146 valence electrons. The molecule has 0 aromatic heterocycles. The van der Waals surface area contributed by atoms with Crippen LogP contribution in [0.3, 0.4) is 0 Å². The van der Waals surface area contributed by atoms with Gasteiger partial charge in [0.25, 0.3) is 5.91 Å². The van der Waals surface area contributed by atoms with E-state index in [9.17, 15) is 14.0 Å². The number of amides is 2. The number of carbonyl (C=O) groups excluding carboxylic acids is 2. The number of imide groups is 1. The van der Waals surface area contributed by atoms with E-state index in [1.54, 1.807) is 7.11 Å². The van der Waals surface area contributed by atoms with Crippen molar-refractivity contribution in [3.8, 4) is 5.75 Å². The Morgan fingerprint density at radius 1 is 1.04 bits per heavy atom. The third-order valence-corrected chi connectivity index (χ3v) is 5.56. The fraction of sp³-hybridized carbons (Fsp3) is 0.333. The minimum Gasteiger partial charge on any atom is -0.495 e. The molecule has 2 heterocycles. The first-order valence-electron chi connectivity index (χ1n) is 9.43.